The molecule has 4 aromatic rings. The summed E-state index contributed by atoms with van der Waals surface area (Å²) in [5, 5.41) is 3.72. The van der Waals surface area contributed by atoms with E-state index in [-0.39, 0.29) is 0 Å². The van der Waals surface area contributed by atoms with Crippen LogP contribution in [0.4, 0.5) is 0 Å². The number of nitrogens with zero attached hydrogens (tertiary/aromatic N) is 1. The van der Waals surface area contributed by atoms with Crippen LogP contribution in [0.1, 0.15) is 0 Å². The van der Waals surface area contributed by atoms with Gasteiger partial charge in [0.05, 0.1) is 16.7 Å². The molecular formula is C20H14BrNO. The van der Waals surface area contributed by atoms with Crippen molar-refractivity contribution in [3.63, 3.8) is 0 Å². The van der Waals surface area contributed by atoms with Crippen molar-refractivity contribution < 1.29 is 4.74 Å². The van der Waals surface area contributed by atoms with Crippen LogP contribution in [0.25, 0.3) is 32.9 Å². The second-order valence-electron chi connectivity index (χ2n) is 5.84. The van der Waals surface area contributed by atoms with Crippen molar-refractivity contribution in [2.75, 3.05) is 6.61 Å². The molecule has 0 amide bonds. The third-order valence-electron chi connectivity index (χ3n) is 4.61. The van der Waals surface area contributed by atoms with Crippen LogP contribution in [0.15, 0.2) is 65.1 Å². The molecule has 2 nitrogen and oxygen atoms in total. The third kappa shape index (κ3) is 1.80. The lowest BCUT2D eigenvalue weighted by atomic mass is 10.0. The Bertz CT molecular complexity index is 1060. The number of hydrogen-bond donors (Lipinski definition) is 0. The fourth-order valence-corrected chi connectivity index (χ4v) is 4.35. The van der Waals surface area contributed by atoms with Gasteiger partial charge in [-0.2, -0.15) is 0 Å². The number of ether oxygens (including phenoxy) is 1. The molecule has 0 N–H and O–H groups in total. The van der Waals surface area contributed by atoms with Crippen LogP contribution in [-0.2, 0) is 6.54 Å². The van der Waals surface area contributed by atoms with Gasteiger partial charge in [-0.25, -0.2) is 0 Å². The Morgan fingerprint density at radius 1 is 0.870 bits per heavy atom. The highest BCUT2D eigenvalue weighted by Crippen LogP contribution is 2.45. The van der Waals surface area contributed by atoms with Crippen molar-refractivity contribution in [3.8, 4) is 17.0 Å². The van der Waals surface area contributed by atoms with Gasteiger partial charge < -0.3 is 9.30 Å². The maximum Gasteiger partial charge on any atom is 0.129 e. The molecule has 0 radical (unpaired) electrons. The standard InChI is InChI=1S/C20H14BrNO/c21-19-15-7-3-4-8-16(15)22-11-12-23-17-10-9-13-5-1-2-6-14(13)18(17)20(19)22/h1-10H,11-12H2. The number of para-hydroxylation sites is 1. The summed E-state index contributed by atoms with van der Waals surface area (Å²) in [4.78, 5) is 0. The van der Waals surface area contributed by atoms with Crippen molar-refractivity contribution in [2.24, 2.45) is 0 Å². The highest BCUT2D eigenvalue weighted by Gasteiger charge is 2.24. The summed E-state index contributed by atoms with van der Waals surface area (Å²) in [5.74, 6) is 0.964. The van der Waals surface area contributed by atoms with Gasteiger partial charge in [0, 0.05) is 16.5 Å². The zero-order chi connectivity index (χ0) is 15.4. The van der Waals surface area contributed by atoms with E-state index in [9.17, 15) is 0 Å². The summed E-state index contributed by atoms with van der Waals surface area (Å²) < 4.78 is 9.58. The zero-order valence-electron chi connectivity index (χ0n) is 12.4. The quantitative estimate of drug-likeness (QED) is 0.395. The largest absolute Gasteiger partial charge is 0.491 e. The van der Waals surface area contributed by atoms with E-state index < -0.39 is 0 Å². The van der Waals surface area contributed by atoms with Crippen LogP contribution >= 0.6 is 15.9 Å². The number of benzene rings is 3. The molecule has 5 rings (SSSR count). The van der Waals surface area contributed by atoms with Crippen molar-refractivity contribution in [1.82, 2.24) is 4.57 Å². The predicted octanol–water partition coefficient (Wildman–Crippen LogP) is 5.62. The van der Waals surface area contributed by atoms with E-state index in [1.807, 2.05) is 0 Å². The zero-order valence-corrected chi connectivity index (χ0v) is 14.0. The van der Waals surface area contributed by atoms with Crippen molar-refractivity contribution in [2.45, 2.75) is 6.54 Å². The van der Waals surface area contributed by atoms with Gasteiger partial charge in [-0.3, -0.25) is 0 Å². The fourth-order valence-electron chi connectivity index (χ4n) is 3.60. The molecule has 3 aromatic carbocycles. The molecule has 1 aliphatic heterocycles. The number of aromatic nitrogens is 1. The maximum atomic E-state index is 6.06. The molecule has 0 spiro atoms. The first-order valence-electron chi connectivity index (χ1n) is 7.76. The van der Waals surface area contributed by atoms with E-state index in [4.69, 9.17) is 4.74 Å². The van der Waals surface area contributed by atoms with E-state index in [1.165, 1.54) is 32.9 Å². The molecule has 0 fully saturated rings. The van der Waals surface area contributed by atoms with Gasteiger partial charge in [-0.05, 0) is 38.8 Å². The van der Waals surface area contributed by atoms with Gasteiger partial charge >= 0.3 is 0 Å². The second kappa shape index (κ2) is 4.87. The summed E-state index contributed by atoms with van der Waals surface area (Å²) >= 11 is 3.85. The van der Waals surface area contributed by atoms with Crippen molar-refractivity contribution in [1.29, 1.82) is 0 Å². The monoisotopic (exact) mass is 363 g/mol. The van der Waals surface area contributed by atoms with Gasteiger partial charge in [-0.15, -0.1) is 0 Å². The van der Waals surface area contributed by atoms with Gasteiger partial charge in [0.25, 0.3) is 0 Å². The average molecular weight is 364 g/mol. The lowest BCUT2D eigenvalue weighted by molar-refractivity contribution is 0.308. The normalized spacial score (nSPS) is 13.4. The van der Waals surface area contributed by atoms with Crippen molar-refractivity contribution in [3.05, 3.63) is 65.1 Å². The minimum atomic E-state index is 0.684. The molecule has 0 bridgehead atoms. The predicted molar refractivity (Wildman–Crippen MR) is 98.1 cm³/mol. The van der Waals surface area contributed by atoms with Crippen molar-refractivity contribution >= 4 is 37.6 Å². The van der Waals surface area contributed by atoms with Crippen LogP contribution in [-0.4, -0.2) is 11.2 Å². The summed E-state index contributed by atoms with van der Waals surface area (Å²) in [5.41, 5.74) is 3.65. The van der Waals surface area contributed by atoms with Crippen LogP contribution in [0.5, 0.6) is 5.75 Å². The SMILES string of the molecule is Brc1c2n(c3ccccc13)CCOc1ccc3ccccc3c1-2. The summed E-state index contributed by atoms with van der Waals surface area (Å²) in [7, 11) is 0. The molecular weight excluding hydrogens is 350 g/mol. The van der Waals surface area contributed by atoms with E-state index in [0.717, 1.165) is 16.8 Å². The van der Waals surface area contributed by atoms with Gasteiger partial charge in [0.1, 0.15) is 12.4 Å². The number of halogens is 1. The molecule has 0 unspecified atom stereocenters. The fraction of sp³-hybridized carbons (Fsp3) is 0.100. The highest BCUT2D eigenvalue weighted by molar-refractivity contribution is 9.10. The van der Waals surface area contributed by atoms with E-state index in [1.54, 1.807) is 0 Å². The molecule has 2 heterocycles. The van der Waals surface area contributed by atoms with Crippen LogP contribution < -0.4 is 4.74 Å². The minimum Gasteiger partial charge on any atom is -0.491 e. The molecule has 1 aromatic heterocycles. The smallest absolute Gasteiger partial charge is 0.129 e. The summed E-state index contributed by atoms with van der Waals surface area (Å²) in [6.45, 7) is 1.54. The molecule has 0 saturated carbocycles. The van der Waals surface area contributed by atoms with Gasteiger partial charge in [0.2, 0.25) is 0 Å². The number of fused-ring (bicyclic) bond motifs is 7. The Morgan fingerprint density at radius 2 is 1.65 bits per heavy atom. The van der Waals surface area contributed by atoms with Crippen LogP contribution in [0.2, 0.25) is 0 Å². The van der Waals surface area contributed by atoms with Gasteiger partial charge in [-0.1, -0.05) is 48.5 Å². The maximum absolute atomic E-state index is 6.06. The number of rotatable bonds is 0. The highest BCUT2D eigenvalue weighted by atomic mass is 79.9. The van der Waals surface area contributed by atoms with E-state index >= 15 is 0 Å². The topological polar surface area (TPSA) is 14.2 Å². The Kier molecular flexibility index (Phi) is 2.79. The summed E-state index contributed by atoms with van der Waals surface area (Å²) in [6.07, 6.45) is 0. The minimum absolute atomic E-state index is 0.684. The Morgan fingerprint density at radius 3 is 2.57 bits per heavy atom. The Balaban J connectivity index is 2.00. The molecule has 112 valence electrons. The van der Waals surface area contributed by atoms with E-state index in [0.29, 0.717) is 6.61 Å². The second-order valence-corrected chi connectivity index (χ2v) is 6.63. The first kappa shape index (κ1) is 13.2. The summed E-state index contributed by atoms with van der Waals surface area (Å²) in [6, 6.07) is 21.3. The molecule has 0 aliphatic carbocycles. The first-order chi connectivity index (χ1) is 11.3. The molecule has 0 saturated heterocycles. The molecule has 1 aliphatic rings. The molecule has 3 heteroatoms. The first-order valence-corrected chi connectivity index (χ1v) is 8.55. The Labute approximate surface area is 142 Å². The van der Waals surface area contributed by atoms with Crippen LogP contribution in [0.3, 0.4) is 0 Å². The van der Waals surface area contributed by atoms with Crippen LogP contribution in [0, 0.1) is 0 Å². The third-order valence-corrected chi connectivity index (χ3v) is 5.41. The van der Waals surface area contributed by atoms with Gasteiger partial charge in [0.15, 0.2) is 0 Å². The Hall–Kier alpha value is -2.26. The molecule has 23 heavy (non-hydrogen) atoms. The van der Waals surface area contributed by atoms with E-state index in [2.05, 4.69) is 81.2 Å². The number of hydrogen-bond acceptors (Lipinski definition) is 1. The lowest BCUT2D eigenvalue weighted by Crippen LogP contribution is -2.05. The average Bonchev–Trinajstić information content (AvgIpc) is 2.76. The molecule has 0 atom stereocenters. The lowest BCUT2D eigenvalue weighted by Gasteiger charge is -2.11.